The molecule has 0 amide bonds. The van der Waals surface area contributed by atoms with E-state index in [0.717, 1.165) is 30.0 Å². The van der Waals surface area contributed by atoms with E-state index in [2.05, 4.69) is 56.5 Å². The number of nitrogens with one attached hydrogen (secondary N) is 1. The van der Waals surface area contributed by atoms with E-state index in [0.29, 0.717) is 6.61 Å². The van der Waals surface area contributed by atoms with Crippen molar-refractivity contribution in [1.82, 2.24) is 20.1 Å². The van der Waals surface area contributed by atoms with Crippen LogP contribution in [-0.2, 0) is 11.3 Å². The molecule has 2 aromatic rings. The van der Waals surface area contributed by atoms with Crippen LogP contribution in [0.2, 0.25) is 0 Å². The van der Waals surface area contributed by atoms with Gasteiger partial charge in [-0.3, -0.25) is 0 Å². The maximum atomic E-state index is 5.44. The average Bonchev–Trinajstić information content (AvgIpc) is 2.92. The first-order chi connectivity index (χ1) is 9.72. The molecule has 1 atom stereocenters. The third-order valence-electron chi connectivity index (χ3n) is 3.42. The molecule has 2 heterocycles. The van der Waals surface area contributed by atoms with Crippen molar-refractivity contribution in [2.24, 2.45) is 0 Å². The van der Waals surface area contributed by atoms with Gasteiger partial charge in [-0.15, -0.1) is 0 Å². The van der Waals surface area contributed by atoms with Crippen molar-refractivity contribution in [2.45, 2.75) is 19.5 Å². The molecule has 1 aliphatic rings. The molecule has 1 aromatic carbocycles. The Morgan fingerprint density at radius 3 is 3.15 bits per heavy atom. The minimum atomic E-state index is 0.107. The summed E-state index contributed by atoms with van der Waals surface area (Å²) in [4.78, 5) is 4.38. The molecule has 5 nitrogen and oxygen atoms in total. The lowest BCUT2D eigenvalue weighted by Crippen LogP contribution is -2.35. The van der Waals surface area contributed by atoms with E-state index in [1.165, 1.54) is 11.1 Å². The van der Waals surface area contributed by atoms with Gasteiger partial charge in [-0.05, 0) is 30.2 Å². The Balaban J connectivity index is 1.73. The lowest BCUT2D eigenvalue weighted by molar-refractivity contribution is 0.0742. The molecule has 0 bridgehead atoms. The Hall–Kier alpha value is -1.24. The number of benzene rings is 1. The summed E-state index contributed by atoms with van der Waals surface area (Å²) >= 11 is 3.48. The van der Waals surface area contributed by atoms with E-state index in [1.807, 2.05) is 4.68 Å². The number of hydrogen-bond donors (Lipinski definition) is 1. The van der Waals surface area contributed by atoms with Crippen LogP contribution in [0.1, 0.15) is 23.0 Å². The van der Waals surface area contributed by atoms with Crippen LogP contribution in [-0.4, -0.2) is 34.5 Å². The molecule has 1 fully saturated rings. The van der Waals surface area contributed by atoms with Gasteiger partial charge in [0.05, 0.1) is 25.8 Å². The highest BCUT2D eigenvalue weighted by atomic mass is 79.9. The summed E-state index contributed by atoms with van der Waals surface area (Å²) in [5, 5.41) is 7.91. The minimum absolute atomic E-state index is 0.107. The smallest absolute Gasteiger partial charge is 0.169 e. The van der Waals surface area contributed by atoms with E-state index >= 15 is 0 Å². The van der Waals surface area contributed by atoms with Gasteiger partial charge in [0.2, 0.25) is 0 Å². The molecule has 1 N–H and O–H groups in total. The Bertz CT molecular complexity index is 593. The summed E-state index contributed by atoms with van der Waals surface area (Å²) in [5.74, 6) is 0.805. The molecule has 0 spiro atoms. The second-order valence-electron chi connectivity index (χ2n) is 4.95. The number of aromatic nitrogens is 3. The molecule has 20 heavy (non-hydrogen) atoms. The predicted molar refractivity (Wildman–Crippen MR) is 79.6 cm³/mol. The third-order valence-corrected chi connectivity index (χ3v) is 3.92. The standard InChI is InChI=1S/C14H17BrN4O/c1-10-6-12(15)3-2-11(10)7-19-9-17-14(18-19)13-8-20-5-4-16-13/h2-3,6,9,13,16H,4-5,7-8H2,1H3. The Morgan fingerprint density at radius 1 is 1.50 bits per heavy atom. The van der Waals surface area contributed by atoms with Crippen molar-refractivity contribution in [3.05, 3.63) is 46.0 Å². The van der Waals surface area contributed by atoms with E-state index in [9.17, 15) is 0 Å². The normalized spacial score (nSPS) is 19.2. The lowest BCUT2D eigenvalue weighted by Gasteiger charge is -2.21. The molecule has 1 unspecified atom stereocenters. The number of nitrogens with zero attached hydrogens (tertiary/aromatic N) is 3. The summed E-state index contributed by atoms with van der Waals surface area (Å²) < 4.78 is 8.41. The maximum Gasteiger partial charge on any atom is 0.169 e. The largest absolute Gasteiger partial charge is 0.378 e. The zero-order valence-corrected chi connectivity index (χ0v) is 12.9. The summed E-state index contributed by atoms with van der Waals surface area (Å²) in [6.07, 6.45) is 1.78. The van der Waals surface area contributed by atoms with Gasteiger partial charge in [0.1, 0.15) is 6.33 Å². The Morgan fingerprint density at radius 2 is 2.40 bits per heavy atom. The number of rotatable bonds is 3. The summed E-state index contributed by atoms with van der Waals surface area (Å²) in [6, 6.07) is 6.39. The van der Waals surface area contributed by atoms with Gasteiger partial charge in [-0.1, -0.05) is 22.0 Å². The second-order valence-corrected chi connectivity index (χ2v) is 5.87. The van der Waals surface area contributed by atoms with E-state index < -0.39 is 0 Å². The Kier molecular flexibility index (Phi) is 4.14. The number of hydrogen-bond acceptors (Lipinski definition) is 4. The van der Waals surface area contributed by atoms with Crippen LogP contribution in [0.4, 0.5) is 0 Å². The molecule has 6 heteroatoms. The van der Waals surface area contributed by atoms with Crippen molar-refractivity contribution < 1.29 is 4.74 Å². The van der Waals surface area contributed by atoms with Gasteiger partial charge in [0, 0.05) is 11.0 Å². The minimum Gasteiger partial charge on any atom is -0.378 e. The molecule has 106 valence electrons. The molecular weight excluding hydrogens is 320 g/mol. The van der Waals surface area contributed by atoms with Gasteiger partial charge in [-0.25, -0.2) is 9.67 Å². The van der Waals surface area contributed by atoms with Crippen molar-refractivity contribution in [3.8, 4) is 0 Å². The number of aryl methyl sites for hydroxylation is 1. The van der Waals surface area contributed by atoms with Crippen molar-refractivity contribution in [2.75, 3.05) is 19.8 Å². The van der Waals surface area contributed by atoms with Crippen LogP contribution < -0.4 is 5.32 Å². The molecule has 1 aliphatic heterocycles. The van der Waals surface area contributed by atoms with Crippen LogP contribution in [0.15, 0.2) is 29.0 Å². The first-order valence-electron chi connectivity index (χ1n) is 6.68. The summed E-state index contributed by atoms with van der Waals surface area (Å²) in [6.45, 7) is 5.09. The number of morpholine rings is 1. The molecule has 0 aliphatic carbocycles. The van der Waals surface area contributed by atoms with Gasteiger partial charge in [-0.2, -0.15) is 5.10 Å². The lowest BCUT2D eigenvalue weighted by atomic mass is 10.1. The zero-order valence-electron chi connectivity index (χ0n) is 11.3. The average molecular weight is 337 g/mol. The Labute approximate surface area is 126 Å². The molecule has 0 radical (unpaired) electrons. The summed E-state index contributed by atoms with van der Waals surface area (Å²) in [7, 11) is 0. The van der Waals surface area contributed by atoms with Crippen molar-refractivity contribution in [1.29, 1.82) is 0 Å². The summed E-state index contributed by atoms with van der Waals surface area (Å²) in [5.41, 5.74) is 2.49. The van der Waals surface area contributed by atoms with E-state index in [4.69, 9.17) is 4.74 Å². The SMILES string of the molecule is Cc1cc(Br)ccc1Cn1cnc(C2COCCN2)n1. The van der Waals surface area contributed by atoms with Gasteiger partial charge >= 0.3 is 0 Å². The van der Waals surface area contributed by atoms with Crippen LogP contribution >= 0.6 is 15.9 Å². The number of ether oxygens (including phenoxy) is 1. The fourth-order valence-electron chi connectivity index (χ4n) is 2.29. The highest BCUT2D eigenvalue weighted by Crippen LogP contribution is 2.17. The molecule has 3 rings (SSSR count). The molecule has 1 aromatic heterocycles. The molecular formula is C14H17BrN4O. The van der Waals surface area contributed by atoms with Crippen LogP contribution in [0.5, 0.6) is 0 Å². The fraction of sp³-hybridized carbons (Fsp3) is 0.429. The monoisotopic (exact) mass is 336 g/mol. The van der Waals surface area contributed by atoms with Crippen LogP contribution in [0, 0.1) is 6.92 Å². The third kappa shape index (κ3) is 3.08. The fourth-order valence-corrected chi connectivity index (χ4v) is 2.76. The van der Waals surface area contributed by atoms with Crippen LogP contribution in [0.25, 0.3) is 0 Å². The first-order valence-corrected chi connectivity index (χ1v) is 7.47. The van der Waals surface area contributed by atoms with E-state index in [1.54, 1.807) is 6.33 Å². The van der Waals surface area contributed by atoms with Gasteiger partial charge in [0.15, 0.2) is 5.82 Å². The maximum absolute atomic E-state index is 5.44. The first kappa shape index (κ1) is 13.7. The van der Waals surface area contributed by atoms with Gasteiger partial charge in [0.25, 0.3) is 0 Å². The highest BCUT2D eigenvalue weighted by Gasteiger charge is 2.19. The predicted octanol–water partition coefficient (Wildman–Crippen LogP) is 2.06. The molecule has 0 saturated carbocycles. The quantitative estimate of drug-likeness (QED) is 0.932. The van der Waals surface area contributed by atoms with E-state index in [-0.39, 0.29) is 6.04 Å². The topological polar surface area (TPSA) is 52.0 Å². The number of halogens is 1. The van der Waals surface area contributed by atoms with Crippen LogP contribution in [0.3, 0.4) is 0 Å². The van der Waals surface area contributed by atoms with Crippen molar-refractivity contribution >= 4 is 15.9 Å². The molecule has 1 saturated heterocycles. The van der Waals surface area contributed by atoms with Gasteiger partial charge < -0.3 is 10.1 Å². The second kappa shape index (κ2) is 6.03. The zero-order chi connectivity index (χ0) is 13.9. The van der Waals surface area contributed by atoms with Crippen molar-refractivity contribution in [3.63, 3.8) is 0 Å². The highest BCUT2D eigenvalue weighted by molar-refractivity contribution is 9.10.